The van der Waals surface area contributed by atoms with Gasteiger partial charge in [-0.15, -0.1) is 0 Å². The van der Waals surface area contributed by atoms with Crippen LogP contribution in [0, 0.1) is 6.92 Å². The lowest BCUT2D eigenvalue weighted by molar-refractivity contribution is 0.161. The van der Waals surface area contributed by atoms with Crippen molar-refractivity contribution in [3.8, 4) is 11.5 Å². The van der Waals surface area contributed by atoms with E-state index in [0.717, 1.165) is 37.4 Å². The number of ether oxygens (including phenoxy) is 2. The predicted molar refractivity (Wildman–Crippen MR) is 64.3 cm³/mol. The molecule has 88 valence electrons. The quantitative estimate of drug-likeness (QED) is 0.848. The number of benzene rings is 1. The molecule has 1 fully saturated rings. The van der Waals surface area contributed by atoms with Gasteiger partial charge in [0.1, 0.15) is 17.6 Å². The Balaban J connectivity index is 2.06. The lowest BCUT2D eigenvalue weighted by Crippen LogP contribution is -2.34. The van der Waals surface area contributed by atoms with Crippen molar-refractivity contribution in [1.29, 1.82) is 0 Å². The molecule has 1 aliphatic rings. The molecule has 1 heterocycles. The van der Waals surface area contributed by atoms with Crippen molar-refractivity contribution in [2.75, 3.05) is 20.2 Å². The van der Waals surface area contributed by atoms with Crippen LogP contribution in [0.1, 0.15) is 18.4 Å². The summed E-state index contributed by atoms with van der Waals surface area (Å²) in [5.41, 5.74) is 1.17. The molecule has 1 aliphatic heterocycles. The van der Waals surface area contributed by atoms with Gasteiger partial charge >= 0.3 is 0 Å². The topological polar surface area (TPSA) is 30.5 Å². The van der Waals surface area contributed by atoms with Gasteiger partial charge in [0.2, 0.25) is 0 Å². The van der Waals surface area contributed by atoms with Crippen LogP contribution in [0.2, 0.25) is 0 Å². The molecule has 3 nitrogen and oxygen atoms in total. The Bertz CT molecular complexity index is 346. The average Bonchev–Trinajstić information content (AvgIpc) is 2.33. The van der Waals surface area contributed by atoms with Gasteiger partial charge in [0.05, 0.1) is 7.11 Å². The highest BCUT2D eigenvalue weighted by molar-refractivity contribution is 5.39. The van der Waals surface area contributed by atoms with E-state index < -0.39 is 0 Å². The summed E-state index contributed by atoms with van der Waals surface area (Å²) in [5, 5.41) is 3.33. The largest absolute Gasteiger partial charge is 0.497 e. The Labute approximate surface area is 96.8 Å². The molecule has 0 bridgehead atoms. The summed E-state index contributed by atoms with van der Waals surface area (Å²) in [6.45, 7) is 4.16. The third kappa shape index (κ3) is 2.67. The van der Waals surface area contributed by atoms with Gasteiger partial charge in [-0.3, -0.25) is 0 Å². The summed E-state index contributed by atoms with van der Waals surface area (Å²) in [7, 11) is 1.68. The second kappa shape index (κ2) is 5.21. The number of hydrogen-bond acceptors (Lipinski definition) is 3. The van der Waals surface area contributed by atoms with Crippen LogP contribution >= 0.6 is 0 Å². The molecule has 2 rings (SSSR count). The molecule has 0 spiro atoms. The van der Waals surface area contributed by atoms with Crippen LogP contribution in [-0.4, -0.2) is 26.3 Å². The molecule has 3 heteroatoms. The molecule has 1 aromatic carbocycles. The Morgan fingerprint density at radius 2 is 2.00 bits per heavy atom. The number of methoxy groups -OCH3 is 1. The lowest BCUT2D eigenvalue weighted by Gasteiger charge is -2.24. The Morgan fingerprint density at radius 1 is 1.25 bits per heavy atom. The molecular weight excluding hydrogens is 202 g/mol. The van der Waals surface area contributed by atoms with Crippen LogP contribution in [0.3, 0.4) is 0 Å². The monoisotopic (exact) mass is 221 g/mol. The van der Waals surface area contributed by atoms with E-state index in [-0.39, 0.29) is 0 Å². The molecule has 0 radical (unpaired) electrons. The minimum absolute atomic E-state index is 0.340. The van der Waals surface area contributed by atoms with Crippen LogP contribution in [0.15, 0.2) is 18.2 Å². The fourth-order valence-corrected chi connectivity index (χ4v) is 1.93. The lowest BCUT2D eigenvalue weighted by atomic mass is 10.1. The fraction of sp³-hybridized carbons (Fsp3) is 0.538. The molecule has 0 atom stereocenters. The molecule has 0 aliphatic carbocycles. The molecule has 0 saturated carbocycles. The zero-order valence-corrected chi connectivity index (χ0v) is 9.95. The van der Waals surface area contributed by atoms with Crippen LogP contribution in [0.5, 0.6) is 11.5 Å². The van der Waals surface area contributed by atoms with E-state index in [9.17, 15) is 0 Å². The van der Waals surface area contributed by atoms with Crippen molar-refractivity contribution in [2.24, 2.45) is 0 Å². The highest BCUT2D eigenvalue weighted by Crippen LogP contribution is 2.26. The van der Waals surface area contributed by atoms with E-state index in [1.54, 1.807) is 7.11 Å². The first-order valence-corrected chi connectivity index (χ1v) is 5.81. The second-order valence-corrected chi connectivity index (χ2v) is 4.20. The van der Waals surface area contributed by atoms with E-state index in [1.165, 1.54) is 5.56 Å². The van der Waals surface area contributed by atoms with Gasteiger partial charge in [0, 0.05) is 6.07 Å². The third-order valence-electron chi connectivity index (χ3n) is 2.98. The molecule has 0 aromatic heterocycles. The smallest absolute Gasteiger partial charge is 0.126 e. The van der Waals surface area contributed by atoms with Crippen molar-refractivity contribution in [1.82, 2.24) is 5.32 Å². The van der Waals surface area contributed by atoms with Gasteiger partial charge in [0.15, 0.2) is 0 Å². The zero-order valence-electron chi connectivity index (χ0n) is 9.95. The third-order valence-corrected chi connectivity index (χ3v) is 2.98. The molecule has 1 saturated heterocycles. The molecular formula is C13H19NO2. The predicted octanol–water partition coefficient (Wildman–Crippen LogP) is 2.13. The summed E-state index contributed by atoms with van der Waals surface area (Å²) >= 11 is 0. The Hall–Kier alpha value is -1.22. The minimum atomic E-state index is 0.340. The first kappa shape index (κ1) is 11.3. The molecule has 1 N–H and O–H groups in total. The van der Waals surface area contributed by atoms with E-state index in [0.29, 0.717) is 6.10 Å². The molecule has 0 unspecified atom stereocenters. The van der Waals surface area contributed by atoms with E-state index >= 15 is 0 Å². The van der Waals surface area contributed by atoms with Crippen molar-refractivity contribution in [3.63, 3.8) is 0 Å². The summed E-state index contributed by atoms with van der Waals surface area (Å²) < 4.78 is 11.2. The van der Waals surface area contributed by atoms with Gasteiger partial charge in [-0.2, -0.15) is 0 Å². The highest BCUT2D eigenvalue weighted by atomic mass is 16.5. The number of piperidine rings is 1. The zero-order chi connectivity index (χ0) is 11.4. The van der Waals surface area contributed by atoms with Crippen LogP contribution in [0.4, 0.5) is 0 Å². The van der Waals surface area contributed by atoms with E-state index in [1.807, 2.05) is 18.2 Å². The van der Waals surface area contributed by atoms with Gasteiger partial charge in [0.25, 0.3) is 0 Å². The first-order valence-electron chi connectivity index (χ1n) is 5.81. The van der Waals surface area contributed by atoms with Crippen LogP contribution < -0.4 is 14.8 Å². The van der Waals surface area contributed by atoms with Gasteiger partial charge in [-0.05, 0) is 44.5 Å². The van der Waals surface area contributed by atoms with Crippen molar-refractivity contribution in [3.05, 3.63) is 23.8 Å². The van der Waals surface area contributed by atoms with Gasteiger partial charge in [-0.25, -0.2) is 0 Å². The van der Waals surface area contributed by atoms with Gasteiger partial charge in [-0.1, -0.05) is 6.07 Å². The number of rotatable bonds is 3. The maximum Gasteiger partial charge on any atom is 0.126 e. The molecule has 0 amide bonds. The van der Waals surface area contributed by atoms with Gasteiger partial charge < -0.3 is 14.8 Å². The highest BCUT2D eigenvalue weighted by Gasteiger charge is 2.15. The fourth-order valence-electron chi connectivity index (χ4n) is 1.93. The van der Waals surface area contributed by atoms with Crippen molar-refractivity contribution >= 4 is 0 Å². The maximum atomic E-state index is 6.01. The van der Waals surface area contributed by atoms with Crippen molar-refractivity contribution < 1.29 is 9.47 Å². The minimum Gasteiger partial charge on any atom is -0.497 e. The number of aryl methyl sites for hydroxylation is 1. The first-order chi connectivity index (χ1) is 7.79. The summed E-state index contributed by atoms with van der Waals surface area (Å²) in [6, 6.07) is 5.97. The molecule has 16 heavy (non-hydrogen) atoms. The standard InChI is InChI=1S/C13H19NO2/c1-10-3-4-12(15-2)9-13(10)16-11-5-7-14-8-6-11/h3-4,9,11,14H,5-8H2,1-2H3. The Kier molecular flexibility index (Phi) is 3.67. The maximum absolute atomic E-state index is 6.01. The SMILES string of the molecule is COc1ccc(C)c(OC2CCNCC2)c1. The average molecular weight is 221 g/mol. The van der Waals surface area contributed by atoms with Crippen LogP contribution in [-0.2, 0) is 0 Å². The summed E-state index contributed by atoms with van der Waals surface area (Å²) in [4.78, 5) is 0. The number of hydrogen-bond donors (Lipinski definition) is 1. The number of nitrogens with one attached hydrogen (secondary N) is 1. The second-order valence-electron chi connectivity index (χ2n) is 4.20. The van der Waals surface area contributed by atoms with Crippen LogP contribution in [0.25, 0.3) is 0 Å². The molecule has 1 aromatic rings. The van der Waals surface area contributed by atoms with E-state index in [2.05, 4.69) is 12.2 Å². The Morgan fingerprint density at radius 3 is 2.69 bits per heavy atom. The van der Waals surface area contributed by atoms with E-state index in [4.69, 9.17) is 9.47 Å². The summed E-state index contributed by atoms with van der Waals surface area (Å²) in [5.74, 6) is 1.81. The summed E-state index contributed by atoms with van der Waals surface area (Å²) in [6.07, 6.45) is 2.50. The van der Waals surface area contributed by atoms with Crippen molar-refractivity contribution in [2.45, 2.75) is 25.9 Å². The normalized spacial score (nSPS) is 17.1.